The predicted molar refractivity (Wildman–Crippen MR) is 145 cm³/mol. The fraction of sp³-hybridized carbons (Fsp3) is 0.233. The van der Waals surface area contributed by atoms with E-state index >= 15 is 0 Å². The largest absolute Gasteiger partial charge is 0.456 e. The number of amides is 1. The van der Waals surface area contributed by atoms with Crippen LogP contribution >= 0.6 is 11.6 Å². The molecule has 4 aromatic rings. The van der Waals surface area contributed by atoms with Gasteiger partial charge in [0.2, 0.25) is 5.91 Å². The molecular weight excluding hydrogens is 498 g/mol. The number of benzene rings is 3. The third-order valence-corrected chi connectivity index (χ3v) is 7.59. The molecule has 7 nitrogen and oxygen atoms in total. The Balaban J connectivity index is 1.48. The van der Waals surface area contributed by atoms with E-state index in [0.29, 0.717) is 54.8 Å². The number of nitrogens with zero attached hydrogens (tertiary/aromatic N) is 5. The second-order valence-electron chi connectivity index (χ2n) is 9.75. The van der Waals surface area contributed by atoms with E-state index in [4.69, 9.17) is 16.3 Å². The van der Waals surface area contributed by atoms with E-state index in [1.54, 1.807) is 6.07 Å². The predicted octanol–water partition coefficient (Wildman–Crippen LogP) is 5.38. The molecule has 0 aliphatic carbocycles. The molecular formula is C30H26ClN5O2. The van der Waals surface area contributed by atoms with Crippen molar-refractivity contribution in [3.63, 3.8) is 0 Å². The summed E-state index contributed by atoms with van der Waals surface area (Å²) in [6.45, 7) is 5.39. The second kappa shape index (κ2) is 9.97. The molecule has 3 aliphatic rings. The van der Waals surface area contributed by atoms with Gasteiger partial charge in [-0.05, 0) is 53.9 Å². The van der Waals surface area contributed by atoms with Gasteiger partial charge < -0.3 is 14.2 Å². The van der Waals surface area contributed by atoms with Crippen molar-refractivity contribution in [2.24, 2.45) is 0 Å². The molecule has 38 heavy (non-hydrogen) atoms. The van der Waals surface area contributed by atoms with Crippen molar-refractivity contribution in [2.75, 3.05) is 19.6 Å². The Morgan fingerprint density at radius 2 is 1.84 bits per heavy atom. The summed E-state index contributed by atoms with van der Waals surface area (Å²) in [5.74, 6) is 2.08. The van der Waals surface area contributed by atoms with Crippen LogP contribution in [0.4, 0.5) is 0 Å². The molecule has 0 saturated carbocycles. The van der Waals surface area contributed by atoms with Crippen LogP contribution in [0.15, 0.2) is 66.9 Å². The molecule has 1 saturated heterocycles. The van der Waals surface area contributed by atoms with Crippen LogP contribution < -0.4 is 4.74 Å². The standard InChI is InChI=1S/C30H26ClN5O2/c1-20-33-15-24-18-34-10-11-35(30(37)19-34)17-23-13-25(8-9-26(23)27-4-2-3-5-28(27)31)38-29-12-21(16-36(20)24)6-7-22(29)14-32/h2-9,12-13,15H,10-11,16-19H2,1H3. The van der Waals surface area contributed by atoms with Crippen LogP contribution in [0.25, 0.3) is 11.1 Å². The Kier molecular flexibility index (Phi) is 6.36. The molecule has 190 valence electrons. The minimum atomic E-state index is 0.0829. The number of piperazine rings is 1. The van der Waals surface area contributed by atoms with E-state index in [2.05, 4.69) is 20.5 Å². The molecule has 8 heteroatoms. The van der Waals surface area contributed by atoms with Crippen molar-refractivity contribution in [3.05, 3.63) is 100 Å². The zero-order valence-corrected chi connectivity index (χ0v) is 21.8. The number of ether oxygens (including phenoxy) is 1. The molecule has 4 heterocycles. The van der Waals surface area contributed by atoms with Crippen LogP contribution in [-0.2, 0) is 24.4 Å². The van der Waals surface area contributed by atoms with Gasteiger partial charge >= 0.3 is 0 Å². The van der Waals surface area contributed by atoms with Gasteiger partial charge in [-0.1, -0.05) is 41.9 Å². The zero-order valence-electron chi connectivity index (χ0n) is 21.0. The second-order valence-corrected chi connectivity index (χ2v) is 10.2. The van der Waals surface area contributed by atoms with Crippen molar-refractivity contribution in [1.29, 1.82) is 5.26 Å². The Labute approximate surface area is 226 Å². The quantitative estimate of drug-likeness (QED) is 0.335. The molecule has 0 N–H and O–H groups in total. The number of carbonyl (C=O) groups is 1. The molecule has 1 fully saturated rings. The highest BCUT2D eigenvalue weighted by Gasteiger charge is 2.26. The van der Waals surface area contributed by atoms with Crippen LogP contribution in [0, 0.1) is 18.3 Å². The summed E-state index contributed by atoms with van der Waals surface area (Å²) in [4.78, 5) is 21.9. The van der Waals surface area contributed by atoms with Gasteiger partial charge in [0, 0.05) is 49.5 Å². The summed E-state index contributed by atoms with van der Waals surface area (Å²) in [6.07, 6.45) is 1.89. The van der Waals surface area contributed by atoms with E-state index < -0.39 is 0 Å². The lowest BCUT2D eigenvalue weighted by Gasteiger charge is -2.35. The lowest BCUT2D eigenvalue weighted by molar-refractivity contribution is -0.136. The fourth-order valence-electron chi connectivity index (χ4n) is 5.21. The first-order chi connectivity index (χ1) is 18.5. The van der Waals surface area contributed by atoms with Crippen LogP contribution in [0.1, 0.15) is 28.2 Å². The smallest absolute Gasteiger partial charge is 0.237 e. The average Bonchev–Trinajstić information content (AvgIpc) is 3.24. The van der Waals surface area contributed by atoms with Gasteiger partial charge in [0.15, 0.2) is 0 Å². The maximum Gasteiger partial charge on any atom is 0.237 e. The minimum Gasteiger partial charge on any atom is -0.456 e. The van der Waals surface area contributed by atoms with Gasteiger partial charge in [0.1, 0.15) is 23.4 Å². The van der Waals surface area contributed by atoms with E-state index in [1.165, 1.54) is 0 Å². The molecule has 0 radical (unpaired) electrons. The number of halogens is 1. The summed E-state index contributed by atoms with van der Waals surface area (Å²) >= 11 is 6.57. The van der Waals surface area contributed by atoms with Gasteiger partial charge in [0.25, 0.3) is 0 Å². The summed E-state index contributed by atoms with van der Waals surface area (Å²) in [7, 11) is 0. The van der Waals surface area contributed by atoms with Crippen LogP contribution in [0.5, 0.6) is 11.5 Å². The summed E-state index contributed by atoms with van der Waals surface area (Å²) in [5, 5.41) is 10.4. The molecule has 3 aliphatic heterocycles. The van der Waals surface area contributed by atoms with E-state index in [-0.39, 0.29) is 5.91 Å². The summed E-state index contributed by atoms with van der Waals surface area (Å²) in [5.41, 5.74) is 5.30. The molecule has 1 atom stereocenters. The Morgan fingerprint density at radius 3 is 2.66 bits per heavy atom. The van der Waals surface area contributed by atoms with Gasteiger partial charge in [-0.2, -0.15) is 5.26 Å². The Hall–Kier alpha value is -4.12. The maximum absolute atomic E-state index is 13.3. The van der Waals surface area contributed by atoms with Gasteiger partial charge in [-0.3, -0.25) is 9.69 Å². The highest BCUT2D eigenvalue weighted by molar-refractivity contribution is 6.33. The van der Waals surface area contributed by atoms with Gasteiger partial charge in [0.05, 0.1) is 17.8 Å². The highest BCUT2D eigenvalue weighted by Crippen LogP contribution is 2.35. The van der Waals surface area contributed by atoms with Crippen LogP contribution in [0.2, 0.25) is 5.02 Å². The first-order valence-electron chi connectivity index (χ1n) is 12.6. The van der Waals surface area contributed by atoms with Crippen LogP contribution in [-0.4, -0.2) is 44.9 Å². The number of imidazole rings is 1. The van der Waals surface area contributed by atoms with Crippen LogP contribution in [0.3, 0.4) is 0 Å². The number of fused-ring (bicyclic) bond motifs is 2. The monoisotopic (exact) mass is 523 g/mol. The zero-order chi connectivity index (χ0) is 26.2. The molecule has 7 rings (SSSR count). The topological polar surface area (TPSA) is 74.4 Å². The number of aryl methyl sites for hydroxylation is 1. The van der Waals surface area contributed by atoms with Crippen molar-refractivity contribution < 1.29 is 9.53 Å². The Morgan fingerprint density at radius 1 is 0.974 bits per heavy atom. The van der Waals surface area contributed by atoms with Crippen molar-refractivity contribution in [1.82, 2.24) is 19.4 Å². The first-order valence-corrected chi connectivity index (χ1v) is 13.0. The average molecular weight is 524 g/mol. The number of hydrogen-bond donors (Lipinski definition) is 0. The molecule has 1 unspecified atom stereocenters. The molecule has 0 spiro atoms. The van der Waals surface area contributed by atoms with E-state index in [9.17, 15) is 10.1 Å². The SMILES string of the molecule is Cc1ncc2n1Cc1ccc(C#N)c(c1)Oc1ccc(-c3ccccc3Cl)c(c1)CN1CCN(CC1=O)C2. The normalized spacial score (nSPS) is 17.0. The third-order valence-electron chi connectivity index (χ3n) is 7.26. The summed E-state index contributed by atoms with van der Waals surface area (Å²) < 4.78 is 8.47. The Bertz CT molecular complexity index is 1590. The van der Waals surface area contributed by atoms with Crippen molar-refractivity contribution >= 4 is 17.5 Å². The van der Waals surface area contributed by atoms with E-state index in [1.807, 2.05) is 72.6 Å². The lowest BCUT2D eigenvalue weighted by atomic mass is 9.98. The number of rotatable bonds is 1. The lowest BCUT2D eigenvalue weighted by Crippen LogP contribution is -2.49. The molecule has 3 aromatic carbocycles. The number of aromatic nitrogens is 2. The van der Waals surface area contributed by atoms with Crippen molar-refractivity contribution in [3.8, 4) is 28.7 Å². The molecule has 1 amide bonds. The maximum atomic E-state index is 13.3. The highest BCUT2D eigenvalue weighted by atomic mass is 35.5. The first kappa shape index (κ1) is 24.2. The summed E-state index contributed by atoms with van der Waals surface area (Å²) in [6, 6.07) is 21.4. The molecule has 1 aromatic heterocycles. The van der Waals surface area contributed by atoms with Gasteiger partial charge in [-0.25, -0.2) is 4.98 Å². The number of nitriles is 1. The minimum absolute atomic E-state index is 0.0829. The fourth-order valence-corrected chi connectivity index (χ4v) is 5.45. The molecule has 6 bridgehead atoms. The van der Waals surface area contributed by atoms with Gasteiger partial charge in [-0.15, -0.1) is 0 Å². The van der Waals surface area contributed by atoms with Crippen molar-refractivity contribution in [2.45, 2.75) is 26.6 Å². The van der Waals surface area contributed by atoms with E-state index in [0.717, 1.165) is 40.3 Å². The number of hydrogen-bond acceptors (Lipinski definition) is 5. The number of carbonyl (C=O) groups excluding carboxylic acids is 1. The third kappa shape index (κ3) is 4.65.